The maximum absolute atomic E-state index is 6.47. The predicted octanol–water partition coefficient (Wildman–Crippen LogP) is 6.13. The second-order valence-electron chi connectivity index (χ2n) is 6.23. The summed E-state index contributed by atoms with van der Waals surface area (Å²) in [5.74, 6) is 1.43. The van der Waals surface area contributed by atoms with Gasteiger partial charge in [0.2, 0.25) is 0 Å². The molecule has 0 heterocycles. The average Bonchev–Trinajstić information content (AvgIpc) is 2.39. The Morgan fingerprint density at radius 2 is 1.60 bits per heavy atom. The Bertz CT molecular complexity index is 392. The summed E-state index contributed by atoms with van der Waals surface area (Å²) >= 11 is 10.1. The van der Waals surface area contributed by atoms with Crippen molar-refractivity contribution < 1.29 is 0 Å². The number of hydrogen-bond acceptors (Lipinski definition) is 1. The molecule has 1 aromatic rings. The number of hydrogen-bond donors (Lipinski definition) is 0. The first-order valence-corrected chi connectivity index (χ1v) is 9.04. The summed E-state index contributed by atoms with van der Waals surface area (Å²) in [5, 5.41) is 1.72. The molecule has 0 N–H and O–H groups in total. The van der Waals surface area contributed by atoms with E-state index in [9.17, 15) is 0 Å². The van der Waals surface area contributed by atoms with Crippen molar-refractivity contribution in [1.29, 1.82) is 0 Å². The van der Waals surface area contributed by atoms with Crippen LogP contribution in [0.4, 0.5) is 5.69 Å². The highest BCUT2D eigenvalue weighted by Gasteiger charge is 2.15. The van der Waals surface area contributed by atoms with Crippen molar-refractivity contribution in [3.63, 3.8) is 0 Å². The number of benzene rings is 1. The summed E-state index contributed by atoms with van der Waals surface area (Å²) in [6.45, 7) is 11.3. The van der Waals surface area contributed by atoms with Gasteiger partial charge in [-0.1, -0.05) is 67.4 Å². The molecule has 114 valence electrons. The number of anilines is 1. The van der Waals surface area contributed by atoms with Crippen molar-refractivity contribution in [2.24, 2.45) is 11.8 Å². The first-order chi connectivity index (χ1) is 9.45. The van der Waals surface area contributed by atoms with Gasteiger partial charge >= 0.3 is 0 Å². The Morgan fingerprint density at radius 1 is 1.05 bits per heavy atom. The number of halogens is 2. The van der Waals surface area contributed by atoms with E-state index >= 15 is 0 Å². The van der Waals surface area contributed by atoms with Crippen LogP contribution < -0.4 is 4.90 Å². The molecule has 0 saturated carbocycles. The largest absolute Gasteiger partial charge is 0.370 e. The molecule has 0 aliphatic rings. The lowest BCUT2D eigenvalue weighted by molar-refractivity contribution is 0.535. The fourth-order valence-electron chi connectivity index (χ4n) is 2.19. The number of rotatable bonds is 8. The smallest absolute Gasteiger partial charge is 0.0642 e. The van der Waals surface area contributed by atoms with Crippen molar-refractivity contribution >= 4 is 33.2 Å². The number of nitrogens with zero attached hydrogens (tertiary/aromatic N) is 1. The molecule has 0 spiro atoms. The third-order valence-corrected chi connectivity index (χ3v) is 4.39. The van der Waals surface area contributed by atoms with Crippen LogP contribution in [0.25, 0.3) is 0 Å². The summed E-state index contributed by atoms with van der Waals surface area (Å²) in [6.07, 6.45) is 2.40. The maximum atomic E-state index is 6.47. The summed E-state index contributed by atoms with van der Waals surface area (Å²) in [6, 6.07) is 6.19. The third-order valence-electron chi connectivity index (χ3n) is 3.48. The van der Waals surface area contributed by atoms with Crippen LogP contribution >= 0.6 is 27.5 Å². The topological polar surface area (TPSA) is 3.24 Å². The van der Waals surface area contributed by atoms with Crippen molar-refractivity contribution in [2.45, 2.75) is 45.9 Å². The fourth-order valence-corrected chi connectivity index (χ4v) is 2.95. The summed E-state index contributed by atoms with van der Waals surface area (Å²) < 4.78 is 0. The van der Waals surface area contributed by atoms with Gasteiger partial charge in [0.25, 0.3) is 0 Å². The first kappa shape index (κ1) is 17.8. The Balaban J connectivity index is 2.96. The van der Waals surface area contributed by atoms with Gasteiger partial charge in [-0.05, 0) is 36.3 Å². The van der Waals surface area contributed by atoms with E-state index < -0.39 is 0 Å². The first-order valence-electron chi connectivity index (χ1n) is 7.54. The summed E-state index contributed by atoms with van der Waals surface area (Å²) in [4.78, 5) is 2.47. The molecule has 0 radical (unpaired) electrons. The lowest BCUT2D eigenvalue weighted by Gasteiger charge is -2.29. The minimum absolute atomic E-state index is 0.714. The van der Waals surface area contributed by atoms with Gasteiger partial charge in [-0.15, -0.1) is 0 Å². The van der Waals surface area contributed by atoms with Crippen LogP contribution in [0, 0.1) is 11.8 Å². The monoisotopic (exact) mass is 359 g/mol. The Labute approximate surface area is 137 Å². The number of alkyl halides is 1. The number of para-hydroxylation sites is 1. The van der Waals surface area contributed by atoms with E-state index in [1.54, 1.807) is 0 Å². The van der Waals surface area contributed by atoms with Crippen LogP contribution in [-0.2, 0) is 5.33 Å². The summed E-state index contributed by atoms with van der Waals surface area (Å²) in [7, 11) is 0. The lowest BCUT2D eigenvalue weighted by atomic mass is 10.1. The highest BCUT2D eigenvalue weighted by atomic mass is 79.9. The van der Waals surface area contributed by atoms with Crippen LogP contribution in [0.1, 0.15) is 46.1 Å². The van der Waals surface area contributed by atoms with E-state index in [2.05, 4.69) is 54.6 Å². The molecule has 0 fully saturated rings. The molecule has 0 saturated heterocycles. The van der Waals surface area contributed by atoms with Crippen molar-refractivity contribution in [2.75, 3.05) is 18.0 Å². The standard InChI is InChI=1S/C17H27BrClN/c1-13(2)8-10-20(11-9-14(3)4)17-15(12-18)6-5-7-16(17)19/h5-7,13-14H,8-12H2,1-4H3. The molecule has 0 amide bonds. The molecule has 0 aromatic heterocycles. The SMILES string of the molecule is CC(C)CCN(CCC(C)C)c1c(Cl)cccc1CBr. The molecular formula is C17H27BrClN. The highest BCUT2D eigenvalue weighted by Crippen LogP contribution is 2.32. The minimum Gasteiger partial charge on any atom is -0.370 e. The zero-order valence-corrected chi connectivity index (χ0v) is 15.5. The van der Waals surface area contributed by atoms with Crippen LogP contribution in [-0.4, -0.2) is 13.1 Å². The molecule has 20 heavy (non-hydrogen) atoms. The van der Waals surface area contributed by atoms with Crippen LogP contribution in [0.2, 0.25) is 5.02 Å². The second kappa shape index (κ2) is 8.94. The molecule has 0 aliphatic heterocycles. The van der Waals surface area contributed by atoms with Crippen LogP contribution in [0.15, 0.2) is 18.2 Å². The zero-order chi connectivity index (χ0) is 15.1. The zero-order valence-electron chi connectivity index (χ0n) is 13.1. The fraction of sp³-hybridized carbons (Fsp3) is 0.647. The molecule has 0 aliphatic carbocycles. The molecule has 3 heteroatoms. The van der Waals surface area contributed by atoms with Crippen molar-refractivity contribution in [3.8, 4) is 0 Å². The maximum Gasteiger partial charge on any atom is 0.0642 e. The van der Waals surface area contributed by atoms with Gasteiger partial charge in [0, 0.05) is 18.4 Å². The van der Waals surface area contributed by atoms with Crippen molar-refractivity contribution in [1.82, 2.24) is 0 Å². The highest BCUT2D eigenvalue weighted by molar-refractivity contribution is 9.08. The molecule has 0 atom stereocenters. The van der Waals surface area contributed by atoms with Crippen molar-refractivity contribution in [3.05, 3.63) is 28.8 Å². The van der Waals surface area contributed by atoms with Gasteiger partial charge < -0.3 is 4.90 Å². The summed E-state index contributed by atoms with van der Waals surface area (Å²) in [5.41, 5.74) is 2.50. The molecular weight excluding hydrogens is 334 g/mol. The van der Waals surface area contributed by atoms with Crippen LogP contribution in [0.3, 0.4) is 0 Å². The predicted molar refractivity (Wildman–Crippen MR) is 95.2 cm³/mol. The lowest BCUT2D eigenvalue weighted by Crippen LogP contribution is -2.28. The second-order valence-corrected chi connectivity index (χ2v) is 7.20. The van der Waals surface area contributed by atoms with Gasteiger partial charge in [0.15, 0.2) is 0 Å². The van der Waals surface area contributed by atoms with Gasteiger partial charge in [-0.25, -0.2) is 0 Å². The van der Waals surface area contributed by atoms with Crippen LogP contribution in [0.5, 0.6) is 0 Å². The average molecular weight is 361 g/mol. The Hall–Kier alpha value is -0.210. The minimum atomic E-state index is 0.714. The van der Waals surface area contributed by atoms with E-state index in [0.29, 0.717) is 11.8 Å². The Kier molecular flexibility index (Phi) is 7.98. The molecule has 1 rings (SSSR count). The van der Waals surface area contributed by atoms with E-state index in [1.807, 2.05) is 12.1 Å². The molecule has 0 bridgehead atoms. The normalized spacial score (nSPS) is 11.4. The Morgan fingerprint density at radius 3 is 2.05 bits per heavy atom. The van der Waals surface area contributed by atoms with Gasteiger partial charge in [0.05, 0.1) is 10.7 Å². The molecule has 0 unspecified atom stereocenters. The van der Waals surface area contributed by atoms with E-state index in [4.69, 9.17) is 11.6 Å². The molecule has 1 aromatic carbocycles. The van der Waals surface area contributed by atoms with E-state index in [0.717, 1.165) is 23.4 Å². The van der Waals surface area contributed by atoms with E-state index in [1.165, 1.54) is 24.1 Å². The third kappa shape index (κ3) is 5.65. The quantitative estimate of drug-likeness (QED) is 0.504. The molecule has 1 nitrogen and oxygen atoms in total. The van der Waals surface area contributed by atoms with E-state index in [-0.39, 0.29) is 0 Å². The van der Waals surface area contributed by atoms with Gasteiger partial charge in [0.1, 0.15) is 0 Å². The van der Waals surface area contributed by atoms with Gasteiger partial charge in [-0.3, -0.25) is 0 Å². The van der Waals surface area contributed by atoms with Gasteiger partial charge in [-0.2, -0.15) is 0 Å².